The fourth-order valence-corrected chi connectivity index (χ4v) is 1.76. The topological polar surface area (TPSA) is 94.2 Å². The average molecular weight is 259 g/mol. The van der Waals surface area contributed by atoms with Crippen LogP contribution in [0.4, 0.5) is 0 Å². The van der Waals surface area contributed by atoms with Gasteiger partial charge in [0.1, 0.15) is 6.33 Å². The number of ether oxygens (including phenoxy) is 2. The zero-order valence-corrected chi connectivity index (χ0v) is 10.3. The van der Waals surface area contributed by atoms with Crippen LogP contribution in [-0.4, -0.2) is 45.6 Å². The van der Waals surface area contributed by atoms with Crippen LogP contribution in [0.25, 0.3) is 0 Å². The van der Waals surface area contributed by atoms with Gasteiger partial charge in [0.15, 0.2) is 5.16 Å². The lowest BCUT2D eigenvalue weighted by Gasteiger charge is -2.12. The number of hydrogen-bond acceptors (Lipinski definition) is 7. The highest BCUT2D eigenvalue weighted by Gasteiger charge is 2.31. The van der Waals surface area contributed by atoms with Gasteiger partial charge in [-0.2, -0.15) is 5.10 Å². The molecule has 0 unspecified atom stereocenters. The summed E-state index contributed by atoms with van der Waals surface area (Å²) in [6.07, 6.45) is 1.29. The number of carbonyl (C=O) groups is 2. The van der Waals surface area contributed by atoms with Crippen LogP contribution in [0.1, 0.15) is 13.8 Å². The van der Waals surface area contributed by atoms with Gasteiger partial charge in [-0.3, -0.25) is 14.7 Å². The molecule has 0 bridgehead atoms. The number of rotatable bonds is 6. The van der Waals surface area contributed by atoms with Gasteiger partial charge in [0.2, 0.25) is 5.25 Å². The maximum absolute atomic E-state index is 11.6. The molecule has 0 aliphatic heterocycles. The number of carbonyl (C=O) groups excluding carboxylic acids is 2. The second-order valence-electron chi connectivity index (χ2n) is 2.79. The maximum atomic E-state index is 11.6. The van der Waals surface area contributed by atoms with Crippen molar-refractivity contribution in [3.05, 3.63) is 6.33 Å². The lowest BCUT2D eigenvalue weighted by molar-refractivity contribution is -0.152. The number of aromatic nitrogens is 3. The van der Waals surface area contributed by atoms with Crippen molar-refractivity contribution < 1.29 is 19.1 Å². The summed E-state index contributed by atoms with van der Waals surface area (Å²) in [5.41, 5.74) is 0. The Bertz CT molecular complexity index is 350. The Hall–Kier alpha value is -1.57. The highest BCUT2D eigenvalue weighted by Crippen LogP contribution is 2.21. The summed E-state index contributed by atoms with van der Waals surface area (Å²) < 4.78 is 9.60. The smallest absolute Gasteiger partial charge is 0.331 e. The van der Waals surface area contributed by atoms with Crippen molar-refractivity contribution in [2.45, 2.75) is 24.3 Å². The highest BCUT2D eigenvalue weighted by atomic mass is 32.2. The van der Waals surface area contributed by atoms with Crippen molar-refractivity contribution in [3.8, 4) is 0 Å². The standard InChI is InChI=1S/C9H13N3O4S/c1-3-15-7(13)6(8(14)16-4-2)17-9-10-5-11-12-9/h5-6H,3-4H2,1-2H3,(H,10,11,12). The van der Waals surface area contributed by atoms with E-state index in [1.807, 2.05) is 0 Å². The van der Waals surface area contributed by atoms with Crippen molar-refractivity contribution in [2.24, 2.45) is 0 Å². The maximum Gasteiger partial charge on any atom is 0.331 e. The minimum atomic E-state index is -1.08. The molecule has 1 heterocycles. The average Bonchev–Trinajstić information content (AvgIpc) is 2.79. The summed E-state index contributed by atoms with van der Waals surface area (Å²) in [7, 11) is 0. The third-order valence-electron chi connectivity index (χ3n) is 1.62. The van der Waals surface area contributed by atoms with Gasteiger partial charge in [0.05, 0.1) is 13.2 Å². The van der Waals surface area contributed by atoms with E-state index < -0.39 is 17.2 Å². The molecule has 7 nitrogen and oxygen atoms in total. The van der Waals surface area contributed by atoms with Crippen molar-refractivity contribution in [1.82, 2.24) is 15.2 Å². The minimum absolute atomic E-state index is 0.200. The van der Waals surface area contributed by atoms with Crippen LogP contribution in [0.15, 0.2) is 11.5 Å². The fourth-order valence-electron chi connectivity index (χ4n) is 0.991. The summed E-state index contributed by atoms with van der Waals surface area (Å²) >= 11 is 0.913. The molecule has 1 aromatic heterocycles. The molecule has 0 aliphatic carbocycles. The summed E-state index contributed by atoms with van der Waals surface area (Å²) in [6.45, 7) is 3.73. The van der Waals surface area contributed by atoms with Crippen LogP contribution in [-0.2, 0) is 19.1 Å². The Balaban J connectivity index is 2.71. The molecule has 94 valence electrons. The molecule has 0 saturated carbocycles. The summed E-state index contributed by atoms with van der Waals surface area (Å²) in [5, 5.41) is 5.45. The number of H-pyrrole nitrogens is 1. The minimum Gasteiger partial charge on any atom is -0.465 e. The molecule has 0 aliphatic rings. The molecule has 17 heavy (non-hydrogen) atoms. The molecule has 0 fully saturated rings. The van der Waals surface area contributed by atoms with Crippen LogP contribution < -0.4 is 0 Å². The van der Waals surface area contributed by atoms with Crippen molar-refractivity contribution in [3.63, 3.8) is 0 Å². The van der Waals surface area contributed by atoms with Gasteiger partial charge >= 0.3 is 11.9 Å². The first-order chi connectivity index (χ1) is 8.19. The molecular weight excluding hydrogens is 246 g/mol. The first kappa shape index (κ1) is 13.5. The lowest BCUT2D eigenvalue weighted by Crippen LogP contribution is -2.31. The molecule has 0 spiro atoms. The second kappa shape index (κ2) is 6.89. The summed E-state index contributed by atoms with van der Waals surface area (Å²) in [5.74, 6) is -1.29. The van der Waals surface area contributed by atoms with E-state index in [1.165, 1.54) is 6.33 Å². The van der Waals surface area contributed by atoms with E-state index in [1.54, 1.807) is 13.8 Å². The molecule has 1 aromatic rings. The van der Waals surface area contributed by atoms with Crippen LogP contribution >= 0.6 is 11.8 Å². The Morgan fingerprint density at radius 1 is 1.35 bits per heavy atom. The molecule has 8 heteroatoms. The third kappa shape index (κ3) is 4.06. The number of nitrogens with one attached hydrogen (secondary N) is 1. The monoisotopic (exact) mass is 259 g/mol. The van der Waals surface area contributed by atoms with E-state index in [9.17, 15) is 9.59 Å². The largest absolute Gasteiger partial charge is 0.465 e. The van der Waals surface area contributed by atoms with Gasteiger partial charge in [-0.05, 0) is 13.8 Å². The van der Waals surface area contributed by atoms with E-state index in [2.05, 4.69) is 15.2 Å². The van der Waals surface area contributed by atoms with Gasteiger partial charge in [-0.15, -0.1) is 0 Å². The molecule has 0 saturated heterocycles. The Morgan fingerprint density at radius 3 is 2.35 bits per heavy atom. The predicted octanol–water partition coefficient (Wildman–Crippen LogP) is 0.392. The number of esters is 2. The van der Waals surface area contributed by atoms with Crippen molar-refractivity contribution in [2.75, 3.05) is 13.2 Å². The second-order valence-corrected chi connectivity index (χ2v) is 3.89. The summed E-state index contributed by atoms with van der Waals surface area (Å²) in [6, 6.07) is 0. The van der Waals surface area contributed by atoms with Gasteiger partial charge < -0.3 is 9.47 Å². The number of hydrogen-bond donors (Lipinski definition) is 1. The molecule has 0 atom stereocenters. The molecule has 0 amide bonds. The normalized spacial score (nSPS) is 10.3. The number of nitrogens with zero attached hydrogens (tertiary/aromatic N) is 2. The lowest BCUT2D eigenvalue weighted by atomic mass is 10.4. The van der Waals surface area contributed by atoms with Crippen molar-refractivity contribution in [1.29, 1.82) is 0 Å². The Labute approximate surface area is 102 Å². The Kier molecular flexibility index (Phi) is 5.47. The van der Waals surface area contributed by atoms with E-state index in [-0.39, 0.29) is 13.2 Å². The molecule has 0 aromatic carbocycles. The van der Waals surface area contributed by atoms with Gasteiger partial charge in [-0.25, -0.2) is 4.98 Å². The predicted molar refractivity (Wildman–Crippen MR) is 59.3 cm³/mol. The number of aromatic amines is 1. The van der Waals surface area contributed by atoms with Crippen molar-refractivity contribution >= 4 is 23.7 Å². The highest BCUT2D eigenvalue weighted by molar-refractivity contribution is 8.01. The first-order valence-corrected chi connectivity index (χ1v) is 5.92. The SMILES string of the molecule is CCOC(=O)C(Sc1ncn[nH]1)C(=O)OCC. The van der Waals surface area contributed by atoms with E-state index >= 15 is 0 Å². The van der Waals surface area contributed by atoms with E-state index in [0.29, 0.717) is 5.16 Å². The van der Waals surface area contributed by atoms with E-state index in [4.69, 9.17) is 9.47 Å². The third-order valence-corrected chi connectivity index (χ3v) is 2.66. The van der Waals surface area contributed by atoms with E-state index in [0.717, 1.165) is 11.8 Å². The van der Waals surface area contributed by atoms with Gasteiger partial charge in [0, 0.05) is 0 Å². The van der Waals surface area contributed by atoms with Gasteiger partial charge in [0.25, 0.3) is 0 Å². The Morgan fingerprint density at radius 2 is 1.94 bits per heavy atom. The van der Waals surface area contributed by atoms with Crippen LogP contribution in [0.5, 0.6) is 0 Å². The molecular formula is C9H13N3O4S. The van der Waals surface area contributed by atoms with Crippen LogP contribution in [0, 0.1) is 0 Å². The van der Waals surface area contributed by atoms with Crippen LogP contribution in [0.2, 0.25) is 0 Å². The fraction of sp³-hybridized carbons (Fsp3) is 0.556. The van der Waals surface area contributed by atoms with Crippen LogP contribution in [0.3, 0.4) is 0 Å². The zero-order valence-electron chi connectivity index (χ0n) is 9.50. The zero-order chi connectivity index (χ0) is 12.7. The number of thioether (sulfide) groups is 1. The molecule has 0 radical (unpaired) electrons. The van der Waals surface area contributed by atoms with Gasteiger partial charge in [-0.1, -0.05) is 11.8 Å². The first-order valence-electron chi connectivity index (χ1n) is 5.04. The molecule has 1 rings (SSSR count). The summed E-state index contributed by atoms with van der Waals surface area (Å²) in [4.78, 5) is 27.0. The quantitative estimate of drug-likeness (QED) is 0.448. The molecule has 1 N–H and O–H groups in total.